The highest BCUT2D eigenvalue weighted by Crippen LogP contribution is 2.12. The largest absolute Gasteiger partial charge is 0.506 e. The second-order valence-electron chi connectivity index (χ2n) is 4.44. The summed E-state index contributed by atoms with van der Waals surface area (Å²) in [5, 5.41) is 0. The molecule has 0 aromatic heterocycles. The van der Waals surface area contributed by atoms with Crippen LogP contribution in [0, 0.1) is 0 Å². The number of rotatable bonds is 2. The summed E-state index contributed by atoms with van der Waals surface area (Å²) in [4.78, 5) is 1.45. The molecule has 84 valence electrons. The molecule has 0 bridgehead atoms. The van der Waals surface area contributed by atoms with Gasteiger partial charge in [-0.3, -0.25) is 0 Å². The zero-order valence-electron chi connectivity index (χ0n) is 9.26. The van der Waals surface area contributed by atoms with E-state index in [-0.39, 0.29) is 0 Å². The highest BCUT2D eigenvalue weighted by Gasteiger charge is 2.47. The molecule has 0 aliphatic carbocycles. The minimum atomic E-state index is -1.20. The number of nitrogens with one attached hydrogen (secondary N) is 1. The van der Waals surface area contributed by atoms with Crippen LogP contribution in [0.25, 0.3) is 6.08 Å². The van der Waals surface area contributed by atoms with E-state index in [4.69, 9.17) is 9.31 Å². The molecule has 0 radical (unpaired) electrons. The molecule has 0 amide bonds. The van der Waals surface area contributed by atoms with Crippen molar-refractivity contribution in [3.05, 3.63) is 41.9 Å². The Labute approximate surface area is 95.7 Å². The SMILES string of the molecule is C(=C\[B-]12OCC[NH+]1CCO2)/c1ccccc1. The van der Waals surface area contributed by atoms with E-state index in [0.717, 1.165) is 26.3 Å². The Morgan fingerprint density at radius 3 is 2.44 bits per heavy atom. The van der Waals surface area contributed by atoms with Crippen LogP contribution in [-0.4, -0.2) is 33.0 Å². The molecule has 1 aromatic carbocycles. The Morgan fingerprint density at radius 2 is 1.75 bits per heavy atom. The summed E-state index contributed by atoms with van der Waals surface area (Å²) in [6.07, 6.45) is 2.11. The molecule has 3 nitrogen and oxygen atoms in total. The van der Waals surface area contributed by atoms with Gasteiger partial charge in [-0.05, 0) is 5.56 Å². The average molecular weight is 217 g/mol. The quantitative estimate of drug-likeness (QED) is 0.711. The van der Waals surface area contributed by atoms with Crippen LogP contribution in [0.4, 0.5) is 0 Å². The van der Waals surface area contributed by atoms with E-state index in [9.17, 15) is 0 Å². The second-order valence-corrected chi connectivity index (χ2v) is 4.44. The lowest BCUT2D eigenvalue weighted by Crippen LogP contribution is -3.18. The van der Waals surface area contributed by atoms with E-state index >= 15 is 0 Å². The first kappa shape index (κ1) is 10.1. The molecular weight excluding hydrogens is 201 g/mol. The van der Waals surface area contributed by atoms with Crippen molar-refractivity contribution in [2.75, 3.05) is 26.3 Å². The van der Waals surface area contributed by atoms with Crippen LogP contribution in [0.15, 0.2) is 36.3 Å². The van der Waals surface area contributed by atoms with Gasteiger partial charge in [-0.1, -0.05) is 36.4 Å². The highest BCUT2D eigenvalue weighted by atomic mass is 16.6. The van der Waals surface area contributed by atoms with Crippen molar-refractivity contribution in [1.29, 1.82) is 0 Å². The number of quaternary nitrogens is 1. The van der Waals surface area contributed by atoms with Gasteiger partial charge in [0.15, 0.2) is 0 Å². The van der Waals surface area contributed by atoms with Gasteiger partial charge in [-0.15, -0.1) is 5.98 Å². The summed E-state index contributed by atoms with van der Waals surface area (Å²) < 4.78 is 11.6. The summed E-state index contributed by atoms with van der Waals surface area (Å²) in [7, 11) is 0. The van der Waals surface area contributed by atoms with Crippen molar-refractivity contribution in [2.45, 2.75) is 0 Å². The molecule has 0 unspecified atom stereocenters. The van der Waals surface area contributed by atoms with E-state index < -0.39 is 6.69 Å². The Balaban J connectivity index is 1.81. The summed E-state index contributed by atoms with van der Waals surface area (Å²) in [6.45, 7) is 2.57. The first-order valence-electron chi connectivity index (χ1n) is 5.91. The Hall–Kier alpha value is -1.10. The molecule has 2 saturated heterocycles. The van der Waals surface area contributed by atoms with Gasteiger partial charge in [0, 0.05) is 0 Å². The Kier molecular flexibility index (Phi) is 2.55. The molecule has 1 N–H and O–H groups in total. The molecule has 4 heteroatoms. The minimum absolute atomic E-state index is 0.814. The fourth-order valence-electron chi connectivity index (χ4n) is 2.59. The van der Waals surface area contributed by atoms with Crippen molar-refractivity contribution < 1.29 is 14.1 Å². The lowest BCUT2D eigenvalue weighted by atomic mass is 9.71. The molecule has 0 spiro atoms. The summed E-state index contributed by atoms with van der Waals surface area (Å²) >= 11 is 0. The van der Waals surface area contributed by atoms with E-state index in [1.807, 2.05) is 18.2 Å². The predicted molar refractivity (Wildman–Crippen MR) is 63.8 cm³/mol. The fraction of sp³-hybridized carbons (Fsp3) is 0.333. The first-order valence-corrected chi connectivity index (χ1v) is 5.91. The average Bonchev–Trinajstić information content (AvgIpc) is 2.87. The number of fused-ring (bicyclic) bond motifs is 1. The third kappa shape index (κ3) is 1.69. The maximum absolute atomic E-state index is 5.80. The Bertz CT molecular complexity index is 383. The number of hydrogen-bond donors (Lipinski definition) is 1. The maximum Gasteiger partial charge on any atom is 0.494 e. The molecule has 2 aliphatic rings. The van der Waals surface area contributed by atoms with Gasteiger partial charge in [-0.25, -0.2) is 0 Å². The number of benzene rings is 1. The molecular formula is C12H16BNO2. The van der Waals surface area contributed by atoms with Crippen LogP contribution >= 0.6 is 0 Å². The molecule has 2 fully saturated rings. The highest BCUT2D eigenvalue weighted by molar-refractivity contribution is 6.65. The molecule has 2 aliphatic heterocycles. The van der Waals surface area contributed by atoms with Gasteiger partial charge in [-0.2, -0.15) is 0 Å². The van der Waals surface area contributed by atoms with E-state index in [1.165, 1.54) is 10.4 Å². The normalized spacial score (nSPS) is 33.4. The van der Waals surface area contributed by atoms with Crippen molar-refractivity contribution in [1.82, 2.24) is 0 Å². The van der Waals surface area contributed by atoms with E-state index in [1.54, 1.807) is 0 Å². The van der Waals surface area contributed by atoms with Gasteiger partial charge >= 0.3 is 6.69 Å². The van der Waals surface area contributed by atoms with Crippen molar-refractivity contribution >= 4 is 12.8 Å². The Morgan fingerprint density at radius 1 is 1.06 bits per heavy atom. The standard InChI is InChI=1S/C12H16BNO2/c1-2-4-12(5-3-1)6-7-13-14(8-10-15-13)9-11-16-13/h1-7,14H,8-11H2/b7-6+. The van der Waals surface area contributed by atoms with Crippen LogP contribution in [0.1, 0.15) is 5.56 Å². The lowest BCUT2D eigenvalue weighted by molar-refractivity contribution is -0.781. The topological polar surface area (TPSA) is 22.9 Å². The monoisotopic (exact) mass is 217 g/mol. The van der Waals surface area contributed by atoms with Gasteiger partial charge in [0.2, 0.25) is 0 Å². The van der Waals surface area contributed by atoms with Crippen LogP contribution in [-0.2, 0) is 9.31 Å². The van der Waals surface area contributed by atoms with Crippen LogP contribution in [0.2, 0.25) is 0 Å². The van der Waals surface area contributed by atoms with Crippen LogP contribution in [0.5, 0.6) is 0 Å². The molecule has 3 rings (SSSR count). The summed E-state index contributed by atoms with van der Waals surface area (Å²) in [6, 6.07) is 10.3. The fourth-order valence-corrected chi connectivity index (χ4v) is 2.59. The maximum atomic E-state index is 5.80. The first-order chi connectivity index (χ1) is 7.89. The lowest BCUT2D eigenvalue weighted by Gasteiger charge is -2.27. The summed E-state index contributed by atoms with van der Waals surface area (Å²) in [5.41, 5.74) is 1.20. The zero-order valence-corrected chi connectivity index (χ0v) is 9.26. The molecule has 2 heterocycles. The second kappa shape index (κ2) is 4.05. The zero-order chi connectivity index (χ0) is 10.8. The van der Waals surface area contributed by atoms with Crippen molar-refractivity contribution in [2.24, 2.45) is 0 Å². The molecule has 0 atom stereocenters. The van der Waals surface area contributed by atoms with Gasteiger partial charge in [0.1, 0.15) is 0 Å². The van der Waals surface area contributed by atoms with Crippen molar-refractivity contribution in [3.8, 4) is 0 Å². The van der Waals surface area contributed by atoms with Gasteiger partial charge < -0.3 is 14.1 Å². The van der Waals surface area contributed by atoms with E-state index in [2.05, 4.69) is 24.2 Å². The van der Waals surface area contributed by atoms with Gasteiger partial charge in [0.25, 0.3) is 0 Å². The molecule has 16 heavy (non-hydrogen) atoms. The summed E-state index contributed by atoms with van der Waals surface area (Å²) in [5.74, 6) is 2.12. The van der Waals surface area contributed by atoms with Crippen LogP contribution in [0.3, 0.4) is 0 Å². The smallest absolute Gasteiger partial charge is 0.494 e. The third-order valence-corrected chi connectivity index (χ3v) is 3.49. The van der Waals surface area contributed by atoms with Gasteiger partial charge in [0.05, 0.1) is 26.3 Å². The van der Waals surface area contributed by atoms with Crippen molar-refractivity contribution in [3.63, 3.8) is 0 Å². The molecule has 0 saturated carbocycles. The van der Waals surface area contributed by atoms with Crippen LogP contribution < -0.4 is 4.81 Å². The predicted octanol–water partition coefficient (Wildman–Crippen LogP) is 0.123. The third-order valence-electron chi connectivity index (χ3n) is 3.49. The van der Waals surface area contributed by atoms with E-state index in [0.29, 0.717) is 0 Å². The number of hydrogen-bond acceptors (Lipinski definition) is 2. The molecule has 1 aromatic rings. The minimum Gasteiger partial charge on any atom is -0.506 e.